The molecule has 5 rings (SSSR count). The van der Waals surface area contributed by atoms with Crippen molar-refractivity contribution >= 4 is 0 Å². The van der Waals surface area contributed by atoms with Gasteiger partial charge in [0.05, 0.1) is 11.4 Å². The van der Waals surface area contributed by atoms with E-state index in [4.69, 9.17) is 9.72 Å². The van der Waals surface area contributed by atoms with Crippen LogP contribution in [-0.4, -0.2) is 21.1 Å². The summed E-state index contributed by atoms with van der Waals surface area (Å²) in [6.07, 6.45) is 2.07. The Morgan fingerprint density at radius 3 is 2.17 bits per heavy atom. The second kappa shape index (κ2) is 14.1. The second-order valence-electron chi connectivity index (χ2n) is 10.6. The van der Waals surface area contributed by atoms with Gasteiger partial charge < -0.3 is 9.30 Å². The molecule has 0 unspecified atom stereocenters. The molecule has 0 aliphatic heterocycles. The standard InChI is InChI=1S/C36H37F2N3O/c1-3-4-22-41-32(34(29-16-7-5-8-17-29)39-35(41)30-18-9-6-10-19-30)26-40(24-28-15-13-14-27(2)23-28)25-31-20-11-12-21-33(31)42-36(37)38/h5-21,23,36H,3-4,22,24-26H2,1-2H3. The molecule has 0 aliphatic carbocycles. The molecule has 0 saturated carbocycles. The fraction of sp³-hybridized carbons (Fsp3) is 0.250. The summed E-state index contributed by atoms with van der Waals surface area (Å²) in [5.74, 6) is 1.14. The zero-order valence-corrected chi connectivity index (χ0v) is 24.2. The van der Waals surface area contributed by atoms with Crippen LogP contribution >= 0.6 is 0 Å². The van der Waals surface area contributed by atoms with Crippen molar-refractivity contribution < 1.29 is 13.5 Å². The van der Waals surface area contributed by atoms with Crippen LogP contribution in [0, 0.1) is 6.92 Å². The highest BCUT2D eigenvalue weighted by Crippen LogP contribution is 2.32. The zero-order chi connectivity index (χ0) is 29.3. The van der Waals surface area contributed by atoms with E-state index in [9.17, 15) is 8.78 Å². The summed E-state index contributed by atoms with van der Waals surface area (Å²) in [6, 6.07) is 36.1. The molecule has 0 amide bonds. The predicted molar refractivity (Wildman–Crippen MR) is 165 cm³/mol. The average Bonchev–Trinajstić information content (AvgIpc) is 3.35. The maximum absolute atomic E-state index is 13.3. The van der Waals surface area contributed by atoms with Crippen LogP contribution in [0.3, 0.4) is 0 Å². The lowest BCUT2D eigenvalue weighted by Gasteiger charge is -2.25. The topological polar surface area (TPSA) is 30.3 Å². The Morgan fingerprint density at radius 1 is 0.786 bits per heavy atom. The van der Waals surface area contributed by atoms with Crippen LogP contribution in [0.5, 0.6) is 5.75 Å². The molecule has 0 aliphatic rings. The Balaban J connectivity index is 1.62. The molecule has 4 aromatic carbocycles. The Bertz CT molecular complexity index is 1570. The number of imidazole rings is 1. The Hall–Kier alpha value is -4.29. The van der Waals surface area contributed by atoms with E-state index in [2.05, 4.69) is 71.8 Å². The SMILES string of the molecule is CCCCn1c(-c2ccccc2)nc(-c2ccccc2)c1CN(Cc1cccc(C)c1)Cc1ccccc1OC(F)F. The minimum Gasteiger partial charge on any atom is -0.434 e. The number of nitrogens with zero attached hydrogens (tertiary/aromatic N) is 3. The van der Waals surface area contributed by atoms with Gasteiger partial charge >= 0.3 is 6.61 Å². The van der Waals surface area contributed by atoms with Crippen molar-refractivity contribution in [2.24, 2.45) is 0 Å². The van der Waals surface area contributed by atoms with Crippen molar-refractivity contribution in [2.75, 3.05) is 0 Å². The third kappa shape index (κ3) is 7.31. The summed E-state index contributed by atoms with van der Waals surface area (Å²) < 4.78 is 33.9. The molecule has 0 saturated heterocycles. The summed E-state index contributed by atoms with van der Waals surface area (Å²) in [5, 5.41) is 0. The lowest BCUT2D eigenvalue weighted by molar-refractivity contribution is -0.0508. The van der Waals surface area contributed by atoms with Crippen molar-refractivity contribution in [1.29, 1.82) is 0 Å². The van der Waals surface area contributed by atoms with Crippen LogP contribution < -0.4 is 4.74 Å². The first-order chi connectivity index (χ1) is 20.5. The van der Waals surface area contributed by atoms with Crippen LogP contribution in [0.2, 0.25) is 0 Å². The van der Waals surface area contributed by atoms with E-state index >= 15 is 0 Å². The summed E-state index contributed by atoms with van der Waals surface area (Å²) in [4.78, 5) is 7.55. The first-order valence-electron chi connectivity index (χ1n) is 14.5. The Morgan fingerprint density at radius 2 is 1.48 bits per heavy atom. The zero-order valence-electron chi connectivity index (χ0n) is 24.2. The molecule has 0 N–H and O–H groups in total. The van der Waals surface area contributed by atoms with Gasteiger partial charge in [-0.1, -0.05) is 122 Å². The summed E-state index contributed by atoms with van der Waals surface area (Å²) in [7, 11) is 0. The summed E-state index contributed by atoms with van der Waals surface area (Å²) >= 11 is 0. The van der Waals surface area contributed by atoms with Crippen molar-refractivity contribution in [3.8, 4) is 28.4 Å². The fourth-order valence-electron chi connectivity index (χ4n) is 5.37. The molecule has 6 heteroatoms. The lowest BCUT2D eigenvalue weighted by atomic mass is 10.1. The van der Waals surface area contributed by atoms with Crippen molar-refractivity contribution in [2.45, 2.75) is 59.5 Å². The minimum atomic E-state index is -2.88. The number of benzene rings is 4. The molecule has 0 bridgehead atoms. The Kier molecular flexibility index (Phi) is 9.78. The van der Waals surface area contributed by atoms with Gasteiger partial charge in [0.25, 0.3) is 0 Å². The summed E-state index contributed by atoms with van der Waals surface area (Å²) in [6.45, 7) is 3.87. The highest BCUT2D eigenvalue weighted by atomic mass is 19.3. The highest BCUT2D eigenvalue weighted by molar-refractivity contribution is 5.68. The number of hydrogen-bond acceptors (Lipinski definition) is 3. The van der Waals surface area contributed by atoms with Crippen LogP contribution in [0.15, 0.2) is 109 Å². The quantitative estimate of drug-likeness (QED) is 0.143. The van der Waals surface area contributed by atoms with Crippen LogP contribution in [0.1, 0.15) is 42.1 Å². The molecule has 1 heterocycles. The second-order valence-corrected chi connectivity index (χ2v) is 10.6. The van der Waals surface area contributed by atoms with Gasteiger partial charge in [-0.15, -0.1) is 0 Å². The number of hydrogen-bond donors (Lipinski definition) is 0. The van der Waals surface area contributed by atoms with E-state index in [1.807, 2.05) is 48.5 Å². The molecule has 0 atom stereocenters. The largest absolute Gasteiger partial charge is 0.434 e. The number of aromatic nitrogens is 2. The van der Waals surface area contributed by atoms with E-state index < -0.39 is 6.61 Å². The molecule has 42 heavy (non-hydrogen) atoms. The number of unbranched alkanes of at least 4 members (excludes halogenated alkanes) is 1. The van der Waals surface area contributed by atoms with Gasteiger partial charge in [0.15, 0.2) is 0 Å². The monoisotopic (exact) mass is 565 g/mol. The van der Waals surface area contributed by atoms with Crippen LogP contribution in [0.4, 0.5) is 8.78 Å². The molecular formula is C36H37F2N3O. The van der Waals surface area contributed by atoms with E-state index in [0.29, 0.717) is 19.6 Å². The molecular weight excluding hydrogens is 528 g/mol. The third-order valence-electron chi connectivity index (χ3n) is 7.33. The number of ether oxygens (including phenoxy) is 1. The minimum absolute atomic E-state index is 0.203. The van der Waals surface area contributed by atoms with Gasteiger partial charge in [0.1, 0.15) is 11.6 Å². The van der Waals surface area contributed by atoms with E-state index in [-0.39, 0.29) is 5.75 Å². The van der Waals surface area contributed by atoms with E-state index in [1.54, 1.807) is 12.1 Å². The molecule has 5 aromatic rings. The molecule has 4 nitrogen and oxygen atoms in total. The van der Waals surface area contributed by atoms with Crippen molar-refractivity contribution in [3.05, 3.63) is 132 Å². The fourth-order valence-corrected chi connectivity index (χ4v) is 5.37. The number of para-hydroxylation sites is 1. The van der Waals surface area contributed by atoms with Crippen LogP contribution in [0.25, 0.3) is 22.6 Å². The maximum Gasteiger partial charge on any atom is 0.387 e. The lowest BCUT2D eigenvalue weighted by Crippen LogP contribution is -2.25. The van der Waals surface area contributed by atoms with Crippen molar-refractivity contribution in [3.63, 3.8) is 0 Å². The number of halogens is 2. The first kappa shape index (κ1) is 29.2. The molecule has 0 fully saturated rings. The van der Waals surface area contributed by atoms with Crippen molar-refractivity contribution in [1.82, 2.24) is 14.5 Å². The van der Waals surface area contributed by atoms with E-state index in [0.717, 1.165) is 58.9 Å². The first-order valence-corrected chi connectivity index (χ1v) is 14.5. The number of alkyl halides is 2. The van der Waals surface area contributed by atoms with E-state index in [1.165, 1.54) is 5.56 Å². The van der Waals surface area contributed by atoms with Gasteiger partial charge in [0, 0.05) is 42.9 Å². The molecule has 0 spiro atoms. The normalized spacial score (nSPS) is 11.4. The van der Waals surface area contributed by atoms with Gasteiger partial charge in [0.2, 0.25) is 0 Å². The smallest absolute Gasteiger partial charge is 0.387 e. The third-order valence-corrected chi connectivity index (χ3v) is 7.33. The Labute approximate surface area is 247 Å². The van der Waals surface area contributed by atoms with Gasteiger partial charge in [-0.05, 0) is 25.0 Å². The van der Waals surface area contributed by atoms with Gasteiger partial charge in [-0.25, -0.2) is 4.98 Å². The van der Waals surface area contributed by atoms with Gasteiger partial charge in [-0.2, -0.15) is 8.78 Å². The number of rotatable bonds is 13. The molecule has 0 radical (unpaired) electrons. The highest BCUT2D eigenvalue weighted by Gasteiger charge is 2.23. The predicted octanol–water partition coefficient (Wildman–Crippen LogP) is 9.13. The average molecular weight is 566 g/mol. The van der Waals surface area contributed by atoms with Gasteiger partial charge in [-0.3, -0.25) is 4.90 Å². The molecule has 216 valence electrons. The summed E-state index contributed by atoms with van der Waals surface area (Å²) in [5.41, 5.74) is 7.22. The van der Waals surface area contributed by atoms with Crippen LogP contribution in [-0.2, 0) is 26.2 Å². The maximum atomic E-state index is 13.3. The molecule has 1 aromatic heterocycles. The number of aryl methyl sites for hydroxylation is 1.